The van der Waals surface area contributed by atoms with Gasteiger partial charge < -0.3 is 10.4 Å². The van der Waals surface area contributed by atoms with Crippen LogP contribution in [0.3, 0.4) is 0 Å². The molecular weight excluding hydrogens is 256 g/mol. The van der Waals surface area contributed by atoms with Gasteiger partial charge in [-0.3, -0.25) is 14.5 Å². The van der Waals surface area contributed by atoms with E-state index in [1.165, 1.54) is 6.42 Å². The van der Waals surface area contributed by atoms with Gasteiger partial charge in [0.05, 0.1) is 6.54 Å². The summed E-state index contributed by atoms with van der Waals surface area (Å²) in [6.07, 6.45) is 5.16. The van der Waals surface area contributed by atoms with Crippen molar-refractivity contribution in [3.63, 3.8) is 0 Å². The summed E-state index contributed by atoms with van der Waals surface area (Å²) in [5.74, 6) is -0.412. The van der Waals surface area contributed by atoms with Crippen molar-refractivity contribution in [3.05, 3.63) is 0 Å². The normalized spacial score (nSPS) is 30.9. The van der Waals surface area contributed by atoms with Gasteiger partial charge >= 0.3 is 5.97 Å². The van der Waals surface area contributed by atoms with Crippen LogP contribution in [0.4, 0.5) is 0 Å². The van der Waals surface area contributed by atoms with Crippen LogP contribution < -0.4 is 5.32 Å². The van der Waals surface area contributed by atoms with Gasteiger partial charge in [-0.05, 0) is 46.0 Å². The fourth-order valence-electron chi connectivity index (χ4n) is 3.65. The van der Waals surface area contributed by atoms with Crippen LogP contribution in [0, 0.1) is 5.92 Å². The van der Waals surface area contributed by atoms with E-state index in [4.69, 9.17) is 0 Å². The van der Waals surface area contributed by atoms with Gasteiger partial charge in [-0.1, -0.05) is 12.8 Å². The molecule has 2 aliphatic rings. The number of carbonyl (C=O) groups excluding carboxylic acids is 1. The topological polar surface area (TPSA) is 69.6 Å². The molecule has 3 atom stereocenters. The monoisotopic (exact) mass is 282 g/mol. The lowest BCUT2D eigenvalue weighted by Crippen LogP contribution is -2.51. The van der Waals surface area contributed by atoms with Crippen LogP contribution in [0.2, 0.25) is 0 Å². The van der Waals surface area contributed by atoms with Crippen molar-refractivity contribution in [3.8, 4) is 0 Å². The maximum absolute atomic E-state index is 12.1. The van der Waals surface area contributed by atoms with Crippen LogP contribution in [0.1, 0.15) is 52.9 Å². The number of hydrogen-bond acceptors (Lipinski definition) is 3. The quantitative estimate of drug-likeness (QED) is 0.825. The summed E-state index contributed by atoms with van der Waals surface area (Å²) in [4.78, 5) is 25.5. The average Bonchev–Trinajstić information content (AvgIpc) is 2.66. The zero-order chi connectivity index (χ0) is 14.9. The summed E-state index contributed by atoms with van der Waals surface area (Å²) in [5, 5.41) is 12.3. The third-order valence-electron chi connectivity index (χ3n) is 4.35. The van der Waals surface area contributed by atoms with E-state index in [9.17, 15) is 14.7 Å². The Hall–Kier alpha value is -1.10. The molecule has 1 saturated carbocycles. The van der Waals surface area contributed by atoms with Crippen molar-refractivity contribution in [2.24, 2.45) is 5.92 Å². The van der Waals surface area contributed by atoms with E-state index >= 15 is 0 Å². The van der Waals surface area contributed by atoms with Crippen LogP contribution in [-0.2, 0) is 9.59 Å². The molecule has 1 aliphatic carbocycles. The van der Waals surface area contributed by atoms with Gasteiger partial charge in [0.25, 0.3) is 0 Å². The molecule has 2 fully saturated rings. The van der Waals surface area contributed by atoms with E-state index in [1.54, 1.807) is 0 Å². The summed E-state index contributed by atoms with van der Waals surface area (Å²) >= 11 is 0. The largest absolute Gasteiger partial charge is 0.480 e. The molecular formula is C15H26N2O3. The second-order valence-electron chi connectivity index (χ2n) is 7.17. The molecule has 20 heavy (non-hydrogen) atoms. The van der Waals surface area contributed by atoms with E-state index in [-0.39, 0.29) is 24.0 Å². The van der Waals surface area contributed by atoms with Crippen LogP contribution in [0.25, 0.3) is 0 Å². The number of aliphatic carboxylic acids is 1. The first-order valence-electron chi connectivity index (χ1n) is 7.57. The number of carboxylic acids is 1. The third kappa shape index (κ3) is 3.51. The molecule has 0 radical (unpaired) electrons. The molecule has 1 amide bonds. The predicted octanol–water partition coefficient (Wildman–Crippen LogP) is 1.62. The fourth-order valence-corrected chi connectivity index (χ4v) is 3.65. The summed E-state index contributed by atoms with van der Waals surface area (Å²) in [7, 11) is 0. The number of carboxylic acid groups (broad SMARTS) is 1. The SMILES string of the molecule is CC(C)(C)NC(=O)CN1[C@@H]2CCCC[C@H]2C[C@H]1C(=O)O. The van der Waals surface area contributed by atoms with Gasteiger partial charge in [-0.15, -0.1) is 0 Å². The number of amides is 1. The highest BCUT2D eigenvalue weighted by Crippen LogP contribution is 2.39. The van der Waals surface area contributed by atoms with E-state index in [0.29, 0.717) is 12.3 Å². The van der Waals surface area contributed by atoms with Gasteiger partial charge in [0.15, 0.2) is 0 Å². The maximum atomic E-state index is 12.1. The van der Waals surface area contributed by atoms with Crippen molar-refractivity contribution in [1.82, 2.24) is 10.2 Å². The van der Waals surface area contributed by atoms with Crippen molar-refractivity contribution < 1.29 is 14.7 Å². The molecule has 0 bridgehead atoms. The van der Waals surface area contributed by atoms with E-state index in [1.807, 2.05) is 25.7 Å². The van der Waals surface area contributed by atoms with Gasteiger partial charge in [0.2, 0.25) is 5.91 Å². The molecule has 5 nitrogen and oxygen atoms in total. The minimum Gasteiger partial charge on any atom is -0.480 e. The van der Waals surface area contributed by atoms with E-state index in [2.05, 4.69) is 5.32 Å². The zero-order valence-electron chi connectivity index (χ0n) is 12.7. The molecule has 2 N–H and O–H groups in total. The minimum atomic E-state index is -0.789. The zero-order valence-corrected chi connectivity index (χ0v) is 12.7. The lowest BCUT2D eigenvalue weighted by molar-refractivity contribution is -0.143. The smallest absolute Gasteiger partial charge is 0.320 e. The molecule has 0 aromatic rings. The molecule has 114 valence electrons. The molecule has 0 aromatic heterocycles. The first-order valence-corrected chi connectivity index (χ1v) is 7.57. The Morgan fingerprint density at radius 2 is 1.90 bits per heavy atom. The van der Waals surface area contributed by atoms with Crippen molar-refractivity contribution >= 4 is 11.9 Å². The van der Waals surface area contributed by atoms with Crippen LogP contribution in [0.15, 0.2) is 0 Å². The Balaban J connectivity index is 2.05. The van der Waals surface area contributed by atoms with Crippen molar-refractivity contribution in [2.75, 3.05) is 6.54 Å². The van der Waals surface area contributed by atoms with Gasteiger partial charge in [0, 0.05) is 11.6 Å². The molecule has 1 saturated heterocycles. The van der Waals surface area contributed by atoms with Gasteiger partial charge in [-0.25, -0.2) is 0 Å². The number of nitrogens with one attached hydrogen (secondary N) is 1. The number of fused-ring (bicyclic) bond motifs is 1. The Labute approximate surface area is 120 Å². The van der Waals surface area contributed by atoms with Crippen molar-refractivity contribution in [1.29, 1.82) is 0 Å². The molecule has 0 unspecified atom stereocenters. The minimum absolute atomic E-state index is 0.0741. The first kappa shape index (κ1) is 15.3. The van der Waals surface area contributed by atoms with Crippen LogP contribution in [-0.4, -0.2) is 46.1 Å². The highest BCUT2D eigenvalue weighted by Gasteiger charge is 2.45. The standard InChI is InChI=1S/C15H26N2O3/c1-15(2,3)16-13(18)9-17-11-7-5-4-6-10(11)8-12(17)14(19)20/h10-12H,4-9H2,1-3H3,(H,16,18)(H,19,20)/t10-,11+,12-/m0/s1. The molecule has 2 rings (SSSR count). The Morgan fingerprint density at radius 3 is 2.50 bits per heavy atom. The number of hydrogen-bond donors (Lipinski definition) is 2. The number of likely N-dealkylation sites (tertiary alicyclic amines) is 1. The maximum Gasteiger partial charge on any atom is 0.320 e. The Kier molecular flexibility index (Phi) is 4.37. The predicted molar refractivity (Wildman–Crippen MR) is 76.4 cm³/mol. The summed E-state index contributed by atoms with van der Waals surface area (Å²) in [6, 6.07) is -0.218. The molecule has 0 aromatic carbocycles. The number of carbonyl (C=O) groups is 2. The fraction of sp³-hybridized carbons (Fsp3) is 0.867. The summed E-state index contributed by atoms with van der Waals surface area (Å²) < 4.78 is 0. The highest BCUT2D eigenvalue weighted by molar-refractivity contribution is 5.80. The van der Waals surface area contributed by atoms with Crippen molar-refractivity contribution in [2.45, 2.75) is 70.5 Å². The third-order valence-corrected chi connectivity index (χ3v) is 4.35. The molecule has 0 spiro atoms. The molecule has 1 aliphatic heterocycles. The molecule has 5 heteroatoms. The second-order valence-corrected chi connectivity index (χ2v) is 7.17. The lowest BCUT2D eigenvalue weighted by atomic mass is 9.85. The van der Waals surface area contributed by atoms with Gasteiger partial charge in [0.1, 0.15) is 6.04 Å². The number of rotatable bonds is 3. The first-order chi connectivity index (χ1) is 9.28. The van der Waals surface area contributed by atoms with E-state index < -0.39 is 12.0 Å². The van der Waals surface area contributed by atoms with Gasteiger partial charge in [-0.2, -0.15) is 0 Å². The summed E-state index contributed by atoms with van der Waals surface area (Å²) in [6.45, 7) is 6.02. The Bertz CT molecular complexity index is 389. The highest BCUT2D eigenvalue weighted by atomic mass is 16.4. The summed E-state index contributed by atoms with van der Waals surface area (Å²) in [5.41, 5.74) is -0.276. The van der Waals surface area contributed by atoms with Crippen LogP contribution in [0.5, 0.6) is 0 Å². The number of nitrogens with zero attached hydrogens (tertiary/aromatic N) is 1. The average molecular weight is 282 g/mol. The van der Waals surface area contributed by atoms with Crippen LogP contribution >= 0.6 is 0 Å². The molecule has 1 heterocycles. The van der Waals surface area contributed by atoms with E-state index in [0.717, 1.165) is 19.3 Å². The lowest BCUT2D eigenvalue weighted by Gasteiger charge is -2.33. The Morgan fingerprint density at radius 1 is 1.25 bits per heavy atom. The second kappa shape index (κ2) is 5.72.